The van der Waals surface area contributed by atoms with E-state index in [-0.39, 0.29) is 11.9 Å². The maximum atomic E-state index is 12.9. The monoisotopic (exact) mass is 522 g/mol. The van der Waals surface area contributed by atoms with Crippen molar-refractivity contribution in [3.63, 3.8) is 0 Å². The highest BCUT2D eigenvalue weighted by molar-refractivity contribution is 6.30. The molecule has 9 heteroatoms. The van der Waals surface area contributed by atoms with Gasteiger partial charge in [-0.3, -0.25) is 9.78 Å². The Hall–Kier alpha value is -2.32. The Kier molecular flexibility index (Phi) is 9.12. The molecule has 2 saturated heterocycles. The van der Waals surface area contributed by atoms with Crippen molar-refractivity contribution in [2.45, 2.75) is 57.2 Å². The number of rotatable bonds is 8. The van der Waals surface area contributed by atoms with Crippen LogP contribution in [-0.2, 0) is 17.4 Å². The summed E-state index contributed by atoms with van der Waals surface area (Å²) in [5, 5.41) is 3.94. The van der Waals surface area contributed by atoms with Gasteiger partial charge < -0.3 is 15.1 Å². The molecule has 1 aromatic heterocycles. The lowest BCUT2D eigenvalue weighted by Gasteiger charge is -2.34. The molecule has 2 fully saturated rings. The molecule has 2 aliphatic rings. The summed E-state index contributed by atoms with van der Waals surface area (Å²) < 4.78 is 38.6. The van der Waals surface area contributed by atoms with Gasteiger partial charge >= 0.3 is 6.18 Å². The number of carbonyl (C=O) groups is 1. The van der Waals surface area contributed by atoms with Crippen LogP contribution in [-0.4, -0.2) is 59.5 Å². The highest BCUT2D eigenvalue weighted by Gasteiger charge is 2.32. The number of alkyl halides is 3. The number of nitrogens with one attached hydrogen (secondary N) is 1. The fourth-order valence-corrected chi connectivity index (χ4v) is 5.29. The van der Waals surface area contributed by atoms with Crippen LogP contribution in [0.5, 0.6) is 0 Å². The minimum absolute atomic E-state index is 0.0479. The highest BCUT2D eigenvalue weighted by Crippen LogP contribution is 2.29. The van der Waals surface area contributed by atoms with Gasteiger partial charge in [-0.1, -0.05) is 23.7 Å². The number of hydrogen-bond donors (Lipinski definition) is 1. The van der Waals surface area contributed by atoms with Crippen LogP contribution < -0.4 is 5.32 Å². The first-order valence-corrected chi connectivity index (χ1v) is 13.2. The number of amides is 1. The third kappa shape index (κ3) is 7.84. The molecule has 4 rings (SSSR count). The third-order valence-electron chi connectivity index (χ3n) is 7.28. The van der Waals surface area contributed by atoms with E-state index in [4.69, 9.17) is 11.6 Å². The van der Waals surface area contributed by atoms with Crippen molar-refractivity contribution in [3.8, 4) is 0 Å². The summed E-state index contributed by atoms with van der Waals surface area (Å²) in [5.74, 6) is 0.875. The number of nitrogens with zero attached hydrogens (tertiary/aromatic N) is 3. The third-order valence-corrected chi connectivity index (χ3v) is 7.53. The van der Waals surface area contributed by atoms with E-state index in [1.165, 1.54) is 24.6 Å². The van der Waals surface area contributed by atoms with Crippen molar-refractivity contribution in [2.75, 3.05) is 38.0 Å². The SMILES string of the molecule is O=C(CCCN1CCC(Cc2ccc(Cl)cc2)CC1)N1CCC(Nc2ccnc(C(F)(F)F)c2)CC1. The number of anilines is 1. The average Bonchev–Trinajstić information content (AvgIpc) is 2.86. The quantitative estimate of drug-likeness (QED) is 0.469. The molecule has 0 spiro atoms. The maximum absolute atomic E-state index is 12.9. The summed E-state index contributed by atoms with van der Waals surface area (Å²) in [7, 11) is 0. The molecule has 1 amide bonds. The number of halogens is 4. The molecule has 0 radical (unpaired) electrons. The summed E-state index contributed by atoms with van der Waals surface area (Å²) in [6, 6.07) is 10.8. The van der Waals surface area contributed by atoms with Gasteiger partial charge in [0.05, 0.1) is 0 Å². The maximum Gasteiger partial charge on any atom is 0.433 e. The lowest BCUT2D eigenvalue weighted by molar-refractivity contribution is -0.141. The van der Waals surface area contributed by atoms with Crippen molar-refractivity contribution in [3.05, 3.63) is 58.9 Å². The van der Waals surface area contributed by atoms with E-state index in [9.17, 15) is 18.0 Å². The number of hydrogen-bond acceptors (Lipinski definition) is 4. The van der Waals surface area contributed by atoms with Gasteiger partial charge in [0, 0.05) is 42.5 Å². The van der Waals surface area contributed by atoms with Gasteiger partial charge in [0.15, 0.2) is 0 Å². The molecule has 5 nitrogen and oxygen atoms in total. The zero-order valence-corrected chi connectivity index (χ0v) is 21.2. The van der Waals surface area contributed by atoms with E-state index in [1.54, 1.807) is 6.07 Å². The Morgan fingerprint density at radius 2 is 1.72 bits per heavy atom. The van der Waals surface area contributed by atoms with Crippen molar-refractivity contribution >= 4 is 23.2 Å². The Morgan fingerprint density at radius 3 is 2.39 bits per heavy atom. The fourth-order valence-electron chi connectivity index (χ4n) is 5.16. The molecule has 196 valence electrons. The lowest BCUT2D eigenvalue weighted by atomic mass is 9.90. The van der Waals surface area contributed by atoms with Crippen molar-refractivity contribution < 1.29 is 18.0 Å². The number of aromatic nitrogens is 1. The number of piperidine rings is 2. The van der Waals surface area contributed by atoms with Gasteiger partial charge in [-0.2, -0.15) is 13.2 Å². The summed E-state index contributed by atoms with van der Waals surface area (Å²) in [5.41, 5.74) is 0.860. The Morgan fingerprint density at radius 1 is 1.03 bits per heavy atom. The van der Waals surface area contributed by atoms with Gasteiger partial charge in [-0.05, 0) is 93.9 Å². The first kappa shape index (κ1) is 26.7. The predicted octanol–water partition coefficient (Wildman–Crippen LogP) is 5.89. The molecular weight excluding hydrogens is 489 g/mol. The number of carbonyl (C=O) groups excluding carboxylic acids is 1. The Balaban J connectivity index is 1.11. The second-order valence-electron chi connectivity index (χ2n) is 9.95. The predicted molar refractivity (Wildman–Crippen MR) is 136 cm³/mol. The van der Waals surface area contributed by atoms with E-state index in [1.807, 2.05) is 17.0 Å². The van der Waals surface area contributed by atoms with Gasteiger partial charge in [0.2, 0.25) is 5.91 Å². The first-order chi connectivity index (χ1) is 17.3. The minimum atomic E-state index is -4.46. The molecule has 1 N–H and O–H groups in total. The zero-order valence-electron chi connectivity index (χ0n) is 20.4. The Bertz CT molecular complexity index is 985. The molecule has 36 heavy (non-hydrogen) atoms. The molecule has 0 unspecified atom stereocenters. The molecule has 0 bridgehead atoms. The summed E-state index contributed by atoms with van der Waals surface area (Å²) in [6.07, 6.45) is 3.01. The molecule has 0 aliphatic carbocycles. The molecule has 1 aromatic carbocycles. The van der Waals surface area contributed by atoms with Crippen molar-refractivity contribution in [1.29, 1.82) is 0 Å². The van der Waals surface area contributed by atoms with Crippen LogP contribution in [0.3, 0.4) is 0 Å². The second-order valence-corrected chi connectivity index (χ2v) is 10.4. The zero-order chi connectivity index (χ0) is 25.5. The van der Waals surface area contributed by atoms with Crippen molar-refractivity contribution in [2.24, 2.45) is 5.92 Å². The molecule has 0 saturated carbocycles. The van der Waals surface area contributed by atoms with E-state index in [0.29, 0.717) is 31.1 Å². The summed E-state index contributed by atoms with van der Waals surface area (Å²) in [4.78, 5) is 20.4. The highest BCUT2D eigenvalue weighted by atomic mass is 35.5. The molecular formula is C27H34ClF3N4O. The van der Waals surface area contributed by atoms with E-state index < -0.39 is 11.9 Å². The normalized spacial score (nSPS) is 18.4. The van der Waals surface area contributed by atoms with Gasteiger partial charge in [-0.15, -0.1) is 0 Å². The fraction of sp³-hybridized carbons (Fsp3) is 0.556. The summed E-state index contributed by atoms with van der Waals surface area (Å²) >= 11 is 5.98. The standard InChI is InChI=1S/C27H34ClF3N4O/c28-22-5-3-20(4-6-22)18-21-8-14-34(15-9-21)13-1-2-26(36)35-16-10-23(11-17-35)33-24-7-12-32-25(19-24)27(29,30)31/h3-7,12,19,21,23H,1-2,8-11,13-18H2,(H,32,33). The van der Waals surface area contributed by atoms with Gasteiger partial charge in [0.25, 0.3) is 0 Å². The smallest absolute Gasteiger partial charge is 0.382 e. The van der Waals surface area contributed by atoms with Crippen LogP contribution in [0.1, 0.15) is 49.8 Å². The van der Waals surface area contributed by atoms with Crippen LogP contribution in [0, 0.1) is 5.92 Å². The van der Waals surface area contributed by atoms with Gasteiger partial charge in [-0.25, -0.2) is 0 Å². The molecule has 0 atom stereocenters. The van der Waals surface area contributed by atoms with Crippen LogP contribution in [0.25, 0.3) is 0 Å². The Labute approximate surface area is 216 Å². The van der Waals surface area contributed by atoms with E-state index >= 15 is 0 Å². The van der Waals surface area contributed by atoms with Crippen LogP contribution in [0.4, 0.5) is 18.9 Å². The molecule has 2 aliphatic heterocycles. The summed E-state index contributed by atoms with van der Waals surface area (Å²) in [6.45, 7) is 4.36. The minimum Gasteiger partial charge on any atom is -0.382 e. The second kappa shape index (κ2) is 12.3. The topological polar surface area (TPSA) is 48.5 Å². The van der Waals surface area contributed by atoms with Crippen LogP contribution in [0.2, 0.25) is 5.02 Å². The van der Waals surface area contributed by atoms with E-state index in [2.05, 4.69) is 27.3 Å². The largest absolute Gasteiger partial charge is 0.433 e. The van der Waals surface area contributed by atoms with E-state index in [0.717, 1.165) is 56.4 Å². The van der Waals surface area contributed by atoms with Crippen molar-refractivity contribution in [1.82, 2.24) is 14.8 Å². The lowest BCUT2D eigenvalue weighted by Crippen LogP contribution is -2.42. The first-order valence-electron chi connectivity index (χ1n) is 12.8. The number of benzene rings is 1. The number of likely N-dealkylation sites (tertiary alicyclic amines) is 2. The molecule has 3 heterocycles. The molecule has 2 aromatic rings. The van der Waals surface area contributed by atoms with Crippen LogP contribution >= 0.6 is 11.6 Å². The van der Waals surface area contributed by atoms with Gasteiger partial charge in [0.1, 0.15) is 5.69 Å². The average molecular weight is 523 g/mol. The van der Waals surface area contributed by atoms with Crippen LogP contribution in [0.15, 0.2) is 42.6 Å². The number of pyridine rings is 1.